The highest BCUT2D eigenvalue weighted by atomic mass is 17.3. The van der Waals surface area contributed by atoms with Crippen LogP contribution in [0.3, 0.4) is 0 Å². The van der Waals surface area contributed by atoms with E-state index in [9.17, 15) is 0 Å². The van der Waals surface area contributed by atoms with E-state index in [2.05, 4.69) is 13.8 Å². The van der Waals surface area contributed by atoms with Gasteiger partial charge in [-0.05, 0) is 51.9 Å². The summed E-state index contributed by atoms with van der Waals surface area (Å²) in [6, 6.07) is 0. The van der Waals surface area contributed by atoms with Gasteiger partial charge in [-0.1, -0.05) is 13.8 Å². The maximum absolute atomic E-state index is 6.52. The van der Waals surface area contributed by atoms with E-state index in [0.29, 0.717) is 31.7 Å². The van der Waals surface area contributed by atoms with Gasteiger partial charge in [0.25, 0.3) is 0 Å². The van der Waals surface area contributed by atoms with Crippen LogP contribution in [0.25, 0.3) is 0 Å². The fourth-order valence-electron chi connectivity index (χ4n) is 5.95. The van der Waals surface area contributed by atoms with E-state index in [1.165, 1.54) is 6.42 Å². The van der Waals surface area contributed by atoms with Gasteiger partial charge in [0.15, 0.2) is 11.9 Å². The molecule has 0 aromatic rings. The van der Waals surface area contributed by atoms with Gasteiger partial charge >= 0.3 is 0 Å². The van der Waals surface area contributed by atoms with Crippen molar-refractivity contribution in [3.8, 4) is 0 Å². The number of hydrogen-bond acceptors (Lipinski definition) is 6. The molecule has 5 fully saturated rings. The Kier molecular flexibility index (Phi) is 4.90. The molecule has 8 atom stereocenters. The lowest BCUT2D eigenvalue weighted by Gasteiger charge is -2.64. The van der Waals surface area contributed by atoms with Crippen molar-refractivity contribution in [3.05, 3.63) is 0 Å². The van der Waals surface area contributed by atoms with E-state index in [1.54, 1.807) is 0 Å². The van der Waals surface area contributed by atoms with Crippen molar-refractivity contribution in [1.29, 1.82) is 0 Å². The van der Waals surface area contributed by atoms with Crippen LogP contribution in [0.1, 0.15) is 60.3 Å². The molecule has 5 rings (SSSR count). The third kappa shape index (κ3) is 2.68. The van der Waals surface area contributed by atoms with E-state index in [0.717, 1.165) is 19.3 Å². The second-order valence-electron chi connectivity index (χ2n) is 8.86. The topological polar surface area (TPSA) is 55.4 Å². The Labute approximate surface area is 156 Å². The first kappa shape index (κ1) is 19.1. The van der Waals surface area contributed by atoms with Crippen molar-refractivity contribution >= 4 is 0 Å². The summed E-state index contributed by atoms with van der Waals surface area (Å²) in [7, 11) is 0. The Morgan fingerprint density at radius 2 is 1.81 bits per heavy atom. The Bertz CT molecular complexity index is 528. The van der Waals surface area contributed by atoms with Gasteiger partial charge in [-0.3, -0.25) is 0 Å². The second kappa shape index (κ2) is 6.68. The number of ether oxygens (including phenoxy) is 4. The van der Waals surface area contributed by atoms with Gasteiger partial charge in [0.05, 0.1) is 13.2 Å². The van der Waals surface area contributed by atoms with Gasteiger partial charge in [0, 0.05) is 24.9 Å². The molecule has 0 N–H and O–H groups in total. The first-order chi connectivity index (χ1) is 12.4. The minimum atomic E-state index is -0.872. The molecule has 1 aliphatic carbocycles. The maximum atomic E-state index is 6.52. The first-order valence-electron chi connectivity index (χ1n) is 10.3. The van der Waals surface area contributed by atoms with Gasteiger partial charge in [-0.25, -0.2) is 9.78 Å². The Balaban J connectivity index is 1.65. The molecule has 1 spiro atoms. The number of hydrogen-bond donors (Lipinski definition) is 0. The zero-order valence-electron chi connectivity index (χ0n) is 16.8. The SMILES string of the molecule is CCOCCO[C@@H]1O[C@]2(C)O[C@]3(C)CC[C@H]4[C@H](C)CC[C@@H]([C@H]1C)[C@]42OO3. The van der Waals surface area contributed by atoms with E-state index in [1.807, 2.05) is 20.8 Å². The monoisotopic (exact) mass is 370 g/mol. The van der Waals surface area contributed by atoms with E-state index in [-0.39, 0.29) is 18.1 Å². The van der Waals surface area contributed by atoms with E-state index in [4.69, 9.17) is 28.7 Å². The Morgan fingerprint density at radius 3 is 2.58 bits per heavy atom. The summed E-state index contributed by atoms with van der Waals surface area (Å²) in [5.41, 5.74) is -0.570. The van der Waals surface area contributed by atoms with Crippen LogP contribution in [0.15, 0.2) is 0 Å². The molecule has 0 amide bonds. The fourth-order valence-corrected chi connectivity index (χ4v) is 5.95. The van der Waals surface area contributed by atoms with Crippen molar-refractivity contribution in [2.24, 2.45) is 23.7 Å². The van der Waals surface area contributed by atoms with Crippen LogP contribution in [0.2, 0.25) is 0 Å². The van der Waals surface area contributed by atoms with Crippen molar-refractivity contribution in [1.82, 2.24) is 0 Å². The van der Waals surface area contributed by atoms with Gasteiger partial charge in [0.2, 0.25) is 11.6 Å². The molecule has 0 unspecified atom stereocenters. The predicted molar refractivity (Wildman–Crippen MR) is 93.9 cm³/mol. The third-order valence-electron chi connectivity index (χ3n) is 7.23. The highest BCUT2D eigenvalue weighted by molar-refractivity contribution is 5.13. The summed E-state index contributed by atoms with van der Waals surface area (Å²) in [6.07, 6.45) is 3.81. The van der Waals surface area contributed by atoms with Crippen LogP contribution in [0, 0.1) is 23.7 Å². The van der Waals surface area contributed by atoms with Crippen LogP contribution >= 0.6 is 0 Å². The summed E-state index contributed by atoms with van der Waals surface area (Å²) in [5, 5.41) is 0. The standard InChI is InChI=1S/C20H34O6/c1-6-21-11-12-22-17-14(3)16-8-7-13(2)15-9-10-18(4)24-19(5,23-17)20(15,16)26-25-18/h13-17H,6-12H2,1-5H3/t13-,14-,15+,16+,17-,18+,19-,20-/m1/s1. The Morgan fingerprint density at radius 1 is 1.00 bits per heavy atom. The molecule has 26 heavy (non-hydrogen) atoms. The van der Waals surface area contributed by atoms with Gasteiger partial charge < -0.3 is 18.9 Å². The van der Waals surface area contributed by atoms with Crippen LogP contribution < -0.4 is 0 Å². The minimum Gasteiger partial charge on any atom is -0.379 e. The number of fused-ring (bicyclic) bond motifs is 2. The maximum Gasteiger partial charge on any atom is 0.204 e. The molecule has 4 aliphatic heterocycles. The lowest BCUT2D eigenvalue weighted by molar-refractivity contribution is -0.605. The molecule has 0 aromatic carbocycles. The smallest absolute Gasteiger partial charge is 0.204 e. The molecule has 0 aromatic heterocycles. The molecular weight excluding hydrogens is 336 g/mol. The number of rotatable bonds is 5. The fraction of sp³-hybridized carbons (Fsp3) is 1.00. The van der Waals surface area contributed by atoms with Gasteiger partial charge in [-0.2, -0.15) is 0 Å². The minimum absolute atomic E-state index is 0.203. The lowest BCUT2D eigenvalue weighted by atomic mass is 9.55. The van der Waals surface area contributed by atoms with Crippen LogP contribution in [-0.2, 0) is 28.7 Å². The molecule has 150 valence electrons. The molecule has 6 nitrogen and oxygen atoms in total. The van der Waals surface area contributed by atoms with Crippen molar-refractivity contribution in [2.75, 3.05) is 19.8 Å². The molecule has 0 radical (unpaired) electrons. The molecular formula is C20H34O6. The lowest BCUT2D eigenvalue weighted by Crippen LogP contribution is -2.76. The highest BCUT2D eigenvalue weighted by Crippen LogP contribution is 2.64. The van der Waals surface area contributed by atoms with Gasteiger partial charge in [-0.15, -0.1) is 0 Å². The normalized spacial score (nSPS) is 53.2. The molecule has 2 bridgehead atoms. The van der Waals surface area contributed by atoms with E-state index < -0.39 is 17.2 Å². The second-order valence-corrected chi connectivity index (χ2v) is 8.86. The van der Waals surface area contributed by atoms with E-state index >= 15 is 0 Å². The van der Waals surface area contributed by atoms with Crippen molar-refractivity contribution in [2.45, 2.75) is 83.8 Å². The summed E-state index contributed by atoms with van der Waals surface area (Å²) >= 11 is 0. The summed E-state index contributed by atoms with van der Waals surface area (Å²) < 4.78 is 24.5. The van der Waals surface area contributed by atoms with Crippen LogP contribution in [-0.4, -0.2) is 43.3 Å². The van der Waals surface area contributed by atoms with Crippen molar-refractivity contribution in [3.63, 3.8) is 0 Å². The van der Waals surface area contributed by atoms with Gasteiger partial charge in [0.1, 0.15) is 0 Å². The molecule has 5 aliphatic rings. The molecule has 4 heterocycles. The summed E-state index contributed by atoms with van der Waals surface area (Å²) in [5.74, 6) is -0.232. The van der Waals surface area contributed by atoms with Crippen LogP contribution in [0.4, 0.5) is 0 Å². The van der Waals surface area contributed by atoms with Crippen LogP contribution in [0.5, 0.6) is 0 Å². The summed E-state index contributed by atoms with van der Waals surface area (Å²) in [4.78, 5) is 12.1. The highest BCUT2D eigenvalue weighted by Gasteiger charge is 2.74. The average molecular weight is 370 g/mol. The molecule has 6 heteroatoms. The molecule has 4 saturated heterocycles. The molecule has 1 saturated carbocycles. The third-order valence-corrected chi connectivity index (χ3v) is 7.23. The zero-order chi connectivity index (χ0) is 18.6. The largest absolute Gasteiger partial charge is 0.379 e. The average Bonchev–Trinajstić information content (AvgIpc) is 2.81. The first-order valence-corrected chi connectivity index (χ1v) is 10.3. The zero-order valence-corrected chi connectivity index (χ0v) is 16.8. The summed E-state index contributed by atoms with van der Waals surface area (Å²) in [6.45, 7) is 12.3. The predicted octanol–water partition coefficient (Wildman–Crippen LogP) is 3.64. The van der Waals surface area contributed by atoms with Crippen molar-refractivity contribution < 1.29 is 28.7 Å². The Hall–Kier alpha value is -0.240. The quantitative estimate of drug-likeness (QED) is 0.544.